The van der Waals surface area contributed by atoms with Crippen molar-refractivity contribution in [2.24, 2.45) is 0 Å². The van der Waals surface area contributed by atoms with Crippen LogP contribution in [0.1, 0.15) is 24.1 Å². The SMILES string of the molecule is Cc1cc(I)ccc1NC(C)c1c(F)cccc1F. The molecule has 4 heteroatoms. The molecule has 19 heavy (non-hydrogen) atoms. The number of benzene rings is 2. The van der Waals surface area contributed by atoms with Crippen molar-refractivity contribution in [3.8, 4) is 0 Å². The first kappa shape index (κ1) is 14.2. The Hall–Kier alpha value is -1.17. The average Bonchev–Trinajstić information content (AvgIpc) is 2.32. The van der Waals surface area contributed by atoms with Gasteiger partial charge in [-0.2, -0.15) is 0 Å². The molecule has 0 spiro atoms. The summed E-state index contributed by atoms with van der Waals surface area (Å²) in [5, 5.41) is 3.15. The fraction of sp³-hybridized carbons (Fsp3) is 0.200. The maximum atomic E-state index is 13.7. The summed E-state index contributed by atoms with van der Waals surface area (Å²) >= 11 is 2.23. The van der Waals surface area contributed by atoms with E-state index in [-0.39, 0.29) is 5.56 Å². The number of halogens is 3. The van der Waals surface area contributed by atoms with Crippen molar-refractivity contribution in [3.63, 3.8) is 0 Å². The van der Waals surface area contributed by atoms with E-state index in [0.29, 0.717) is 0 Å². The number of rotatable bonds is 3. The molecule has 1 nitrogen and oxygen atoms in total. The molecule has 1 unspecified atom stereocenters. The van der Waals surface area contributed by atoms with Gasteiger partial charge in [-0.3, -0.25) is 0 Å². The molecule has 0 fully saturated rings. The van der Waals surface area contributed by atoms with Crippen molar-refractivity contribution in [2.45, 2.75) is 19.9 Å². The topological polar surface area (TPSA) is 12.0 Å². The van der Waals surface area contributed by atoms with Gasteiger partial charge in [-0.05, 0) is 72.3 Å². The van der Waals surface area contributed by atoms with E-state index in [1.54, 1.807) is 6.92 Å². The predicted molar refractivity (Wildman–Crippen MR) is 82.3 cm³/mol. The molecule has 0 saturated carbocycles. The van der Waals surface area contributed by atoms with Crippen LogP contribution in [0, 0.1) is 22.1 Å². The highest BCUT2D eigenvalue weighted by molar-refractivity contribution is 14.1. The minimum Gasteiger partial charge on any atom is -0.378 e. The van der Waals surface area contributed by atoms with E-state index in [1.807, 2.05) is 25.1 Å². The molecular weight excluding hydrogens is 359 g/mol. The maximum Gasteiger partial charge on any atom is 0.131 e. The summed E-state index contributed by atoms with van der Waals surface area (Å²) < 4.78 is 28.5. The van der Waals surface area contributed by atoms with E-state index in [9.17, 15) is 8.78 Å². The zero-order valence-electron chi connectivity index (χ0n) is 10.7. The van der Waals surface area contributed by atoms with Crippen LogP contribution in [-0.2, 0) is 0 Å². The summed E-state index contributed by atoms with van der Waals surface area (Å²) in [4.78, 5) is 0. The van der Waals surface area contributed by atoms with Gasteiger partial charge in [-0.15, -0.1) is 0 Å². The van der Waals surface area contributed by atoms with Gasteiger partial charge in [0.05, 0.1) is 6.04 Å². The van der Waals surface area contributed by atoms with Crippen molar-refractivity contribution < 1.29 is 8.78 Å². The third kappa shape index (κ3) is 3.23. The van der Waals surface area contributed by atoms with Crippen LogP contribution >= 0.6 is 22.6 Å². The molecule has 0 bridgehead atoms. The van der Waals surface area contributed by atoms with E-state index >= 15 is 0 Å². The Bertz CT molecular complexity index is 578. The van der Waals surface area contributed by atoms with Gasteiger partial charge in [-0.1, -0.05) is 6.07 Å². The van der Waals surface area contributed by atoms with Crippen molar-refractivity contribution in [2.75, 3.05) is 5.32 Å². The largest absolute Gasteiger partial charge is 0.378 e. The Morgan fingerprint density at radius 3 is 2.32 bits per heavy atom. The van der Waals surface area contributed by atoms with Gasteiger partial charge in [-0.25, -0.2) is 8.78 Å². The standard InChI is InChI=1S/C15H14F2IN/c1-9-8-11(18)6-7-14(9)19-10(2)15-12(16)4-3-5-13(15)17/h3-8,10,19H,1-2H3. The molecular formula is C15H14F2IN. The molecule has 0 heterocycles. The molecule has 2 aromatic carbocycles. The van der Waals surface area contributed by atoms with E-state index in [1.165, 1.54) is 18.2 Å². The molecule has 0 amide bonds. The van der Waals surface area contributed by atoms with Crippen LogP contribution in [0.3, 0.4) is 0 Å². The van der Waals surface area contributed by atoms with Gasteiger partial charge in [0, 0.05) is 14.8 Å². The molecule has 2 aromatic rings. The van der Waals surface area contributed by atoms with E-state index < -0.39 is 17.7 Å². The molecule has 0 aliphatic rings. The summed E-state index contributed by atoms with van der Waals surface area (Å²) in [6.45, 7) is 3.72. The van der Waals surface area contributed by atoms with Crippen molar-refractivity contribution in [1.82, 2.24) is 0 Å². The first-order valence-corrected chi connectivity index (χ1v) is 7.03. The number of hydrogen-bond acceptors (Lipinski definition) is 1. The minimum absolute atomic E-state index is 0.0699. The van der Waals surface area contributed by atoms with Crippen molar-refractivity contribution in [3.05, 3.63) is 62.7 Å². The number of nitrogens with one attached hydrogen (secondary N) is 1. The number of anilines is 1. The smallest absolute Gasteiger partial charge is 0.131 e. The summed E-state index contributed by atoms with van der Waals surface area (Å²) in [6, 6.07) is 9.39. The highest BCUT2D eigenvalue weighted by atomic mass is 127. The normalized spacial score (nSPS) is 12.3. The van der Waals surface area contributed by atoms with Crippen molar-refractivity contribution >= 4 is 28.3 Å². The predicted octanol–water partition coefficient (Wildman–Crippen LogP) is 5.05. The second-order valence-electron chi connectivity index (χ2n) is 4.46. The fourth-order valence-electron chi connectivity index (χ4n) is 2.02. The van der Waals surface area contributed by atoms with E-state index in [4.69, 9.17) is 0 Å². The highest BCUT2D eigenvalue weighted by Crippen LogP contribution is 2.26. The summed E-state index contributed by atoms with van der Waals surface area (Å²) in [6.07, 6.45) is 0. The van der Waals surface area contributed by atoms with Crippen LogP contribution in [0.5, 0.6) is 0 Å². The summed E-state index contributed by atoms with van der Waals surface area (Å²) in [7, 11) is 0. The van der Waals surface area contributed by atoms with Gasteiger partial charge in [0.25, 0.3) is 0 Å². The average molecular weight is 373 g/mol. The monoisotopic (exact) mass is 373 g/mol. The quantitative estimate of drug-likeness (QED) is 0.743. The third-order valence-electron chi connectivity index (χ3n) is 2.99. The van der Waals surface area contributed by atoms with Gasteiger partial charge >= 0.3 is 0 Å². The molecule has 1 atom stereocenters. The lowest BCUT2D eigenvalue weighted by Gasteiger charge is -2.18. The Labute approximate surface area is 125 Å². The molecule has 0 aromatic heterocycles. The van der Waals surface area contributed by atoms with Gasteiger partial charge < -0.3 is 5.32 Å². The van der Waals surface area contributed by atoms with Crippen LogP contribution in [0.25, 0.3) is 0 Å². The lowest BCUT2D eigenvalue weighted by molar-refractivity contribution is 0.544. The highest BCUT2D eigenvalue weighted by Gasteiger charge is 2.16. The first-order chi connectivity index (χ1) is 8.99. The minimum atomic E-state index is -0.525. The second kappa shape index (κ2) is 5.86. The van der Waals surface area contributed by atoms with Crippen LogP contribution in [-0.4, -0.2) is 0 Å². The van der Waals surface area contributed by atoms with Crippen molar-refractivity contribution in [1.29, 1.82) is 0 Å². The van der Waals surface area contributed by atoms with Gasteiger partial charge in [0.15, 0.2) is 0 Å². The van der Waals surface area contributed by atoms with Crippen LogP contribution in [0.4, 0.5) is 14.5 Å². The molecule has 100 valence electrons. The van der Waals surface area contributed by atoms with Crippen LogP contribution in [0.15, 0.2) is 36.4 Å². The second-order valence-corrected chi connectivity index (χ2v) is 5.71. The van der Waals surface area contributed by atoms with E-state index in [0.717, 1.165) is 14.8 Å². The number of hydrogen-bond donors (Lipinski definition) is 1. The third-order valence-corrected chi connectivity index (χ3v) is 3.66. The van der Waals surface area contributed by atoms with Gasteiger partial charge in [0.2, 0.25) is 0 Å². The lowest BCUT2D eigenvalue weighted by atomic mass is 10.1. The first-order valence-electron chi connectivity index (χ1n) is 5.95. The fourth-order valence-corrected chi connectivity index (χ4v) is 2.67. The van der Waals surface area contributed by atoms with Crippen LogP contribution < -0.4 is 5.32 Å². The Morgan fingerprint density at radius 1 is 1.11 bits per heavy atom. The zero-order valence-corrected chi connectivity index (χ0v) is 12.8. The van der Waals surface area contributed by atoms with Crippen LogP contribution in [0.2, 0.25) is 0 Å². The number of aryl methyl sites for hydroxylation is 1. The maximum absolute atomic E-state index is 13.7. The Balaban J connectivity index is 2.28. The van der Waals surface area contributed by atoms with Gasteiger partial charge in [0.1, 0.15) is 11.6 Å². The summed E-state index contributed by atoms with van der Waals surface area (Å²) in [5.74, 6) is -1.05. The van der Waals surface area contributed by atoms with E-state index in [2.05, 4.69) is 27.9 Å². The Morgan fingerprint density at radius 2 is 1.74 bits per heavy atom. The molecule has 0 aliphatic carbocycles. The molecule has 1 N–H and O–H groups in total. The zero-order chi connectivity index (χ0) is 14.0. The molecule has 0 saturated heterocycles. The molecule has 2 rings (SSSR count). The molecule has 0 aliphatic heterocycles. The molecule has 0 radical (unpaired) electrons. The Kier molecular flexibility index (Phi) is 4.39. The lowest BCUT2D eigenvalue weighted by Crippen LogP contribution is -2.11. The summed E-state index contributed by atoms with van der Waals surface area (Å²) in [5.41, 5.74) is 2.01.